The molecule has 0 rings (SSSR count). The number of methoxy groups -OCH3 is 1. The van der Waals surface area contributed by atoms with E-state index in [9.17, 15) is 9.59 Å². The summed E-state index contributed by atoms with van der Waals surface area (Å²) in [6.45, 7) is 2.50. The molecular formula is C9H18N2O4. The van der Waals surface area contributed by atoms with Gasteiger partial charge in [-0.15, -0.1) is 0 Å². The summed E-state index contributed by atoms with van der Waals surface area (Å²) in [6, 6.07) is -1.19. The van der Waals surface area contributed by atoms with Gasteiger partial charge in [0.15, 0.2) is 0 Å². The molecule has 0 aromatic heterocycles. The molecule has 0 aromatic rings. The summed E-state index contributed by atoms with van der Waals surface area (Å²) in [6.07, 6.45) is 0.379. The number of carbonyl (C=O) groups excluding carboxylic acids is 1. The molecule has 0 aliphatic heterocycles. The van der Waals surface area contributed by atoms with E-state index in [1.54, 1.807) is 6.92 Å². The molecule has 88 valence electrons. The first-order valence-corrected chi connectivity index (χ1v) is 4.77. The van der Waals surface area contributed by atoms with Crippen LogP contribution in [-0.4, -0.2) is 55.4 Å². The second-order valence-corrected chi connectivity index (χ2v) is 3.10. The number of aliphatic carboxylic acids is 1. The first-order valence-electron chi connectivity index (χ1n) is 4.77. The predicted octanol–water partition coefficient (Wildman–Crippen LogP) is 0.137. The van der Waals surface area contributed by atoms with Crippen molar-refractivity contribution in [1.29, 1.82) is 0 Å². The van der Waals surface area contributed by atoms with E-state index in [2.05, 4.69) is 5.32 Å². The van der Waals surface area contributed by atoms with Crippen molar-refractivity contribution < 1.29 is 19.4 Å². The average Bonchev–Trinajstić information content (AvgIpc) is 2.18. The number of carbonyl (C=O) groups is 2. The third kappa shape index (κ3) is 4.64. The molecule has 0 spiro atoms. The molecule has 0 saturated carbocycles. The van der Waals surface area contributed by atoms with E-state index in [4.69, 9.17) is 9.84 Å². The van der Waals surface area contributed by atoms with Crippen molar-refractivity contribution in [2.24, 2.45) is 0 Å². The molecule has 0 aliphatic carbocycles. The molecule has 0 aliphatic rings. The zero-order valence-corrected chi connectivity index (χ0v) is 9.32. The van der Waals surface area contributed by atoms with Crippen molar-refractivity contribution >= 4 is 12.0 Å². The van der Waals surface area contributed by atoms with Gasteiger partial charge in [0.2, 0.25) is 0 Å². The Morgan fingerprint density at radius 1 is 1.53 bits per heavy atom. The van der Waals surface area contributed by atoms with Crippen LogP contribution >= 0.6 is 0 Å². The molecule has 2 N–H and O–H groups in total. The zero-order valence-electron chi connectivity index (χ0n) is 9.32. The Bertz CT molecular complexity index is 220. The smallest absolute Gasteiger partial charge is 0.326 e. The van der Waals surface area contributed by atoms with Crippen LogP contribution in [0.5, 0.6) is 0 Å². The number of carboxylic acid groups (broad SMARTS) is 1. The Balaban J connectivity index is 4.10. The standard InChI is InChI=1S/C9H18N2O4/c1-4-7(8(12)13)11(2)9(14)10-5-6-15-3/h7H,4-6H2,1-3H3,(H,10,14)(H,12,13). The molecule has 0 fully saturated rings. The van der Waals surface area contributed by atoms with E-state index >= 15 is 0 Å². The lowest BCUT2D eigenvalue weighted by Gasteiger charge is -2.23. The monoisotopic (exact) mass is 218 g/mol. The molecule has 0 aromatic carbocycles. The Kier molecular flexibility index (Phi) is 6.44. The van der Waals surface area contributed by atoms with Crippen molar-refractivity contribution in [3.05, 3.63) is 0 Å². The average molecular weight is 218 g/mol. The van der Waals surface area contributed by atoms with Gasteiger partial charge in [0.25, 0.3) is 0 Å². The zero-order chi connectivity index (χ0) is 11.8. The number of likely N-dealkylation sites (N-methyl/N-ethyl adjacent to an activating group) is 1. The summed E-state index contributed by atoms with van der Waals surface area (Å²) in [4.78, 5) is 23.4. The lowest BCUT2D eigenvalue weighted by Crippen LogP contribution is -2.47. The fourth-order valence-corrected chi connectivity index (χ4v) is 1.14. The number of carboxylic acids is 1. The third-order valence-electron chi connectivity index (χ3n) is 2.04. The van der Waals surface area contributed by atoms with Crippen LogP contribution in [0.1, 0.15) is 13.3 Å². The van der Waals surface area contributed by atoms with Gasteiger partial charge in [-0.1, -0.05) is 6.92 Å². The van der Waals surface area contributed by atoms with E-state index in [0.717, 1.165) is 0 Å². The van der Waals surface area contributed by atoms with E-state index in [0.29, 0.717) is 19.6 Å². The summed E-state index contributed by atoms with van der Waals surface area (Å²) in [5.74, 6) is -0.998. The number of nitrogens with one attached hydrogen (secondary N) is 1. The first kappa shape index (κ1) is 13.7. The molecule has 6 nitrogen and oxygen atoms in total. The summed E-state index contributed by atoms with van der Waals surface area (Å²) in [5.41, 5.74) is 0. The van der Waals surface area contributed by atoms with Crippen LogP contribution in [0, 0.1) is 0 Å². The maximum absolute atomic E-state index is 11.4. The lowest BCUT2D eigenvalue weighted by atomic mass is 10.2. The van der Waals surface area contributed by atoms with E-state index in [-0.39, 0.29) is 0 Å². The SMILES string of the molecule is CCC(C(=O)O)N(C)C(=O)NCCOC. The van der Waals surface area contributed by atoms with Crippen LogP contribution in [0.4, 0.5) is 4.79 Å². The van der Waals surface area contributed by atoms with Crippen LogP contribution < -0.4 is 5.32 Å². The summed E-state index contributed by atoms with van der Waals surface area (Å²) in [5, 5.41) is 11.4. The minimum Gasteiger partial charge on any atom is -0.480 e. The van der Waals surface area contributed by atoms with E-state index < -0.39 is 18.0 Å². The first-order chi connectivity index (χ1) is 7.04. The van der Waals surface area contributed by atoms with Crippen LogP contribution in [-0.2, 0) is 9.53 Å². The molecule has 0 saturated heterocycles. The van der Waals surface area contributed by atoms with E-state index in [1.807, 2.05) is 0 Å². The van der Waals surface area contributed by atoms with Gasteiger partial charge < -0.3 is 20.1 Å². The highest BCUT2D eigenvalue weighted by Gasteiger charge is 2.24. The maximum atomic E-state index is 11.4. The lowest BCUT2D eigenvalue weighted by molar-refractivity contribution is -0.141. The van der Waals surface area contributed by atoms with Crippen LogP contribution in [0.25, 0.3) is 0 Å². The largest absolute Gasteiger partial charge is 0.480 e. The molecular weight excluding hydrogens is 200 g/mol. The van der Waals surface area contributed by atoms with Gasteiger partial charge in [-0.2, -0.15) is 0 Å². The van der Waals surface area contributed by atoms with E-state index in [1.165, 1.54) is 19.1 Å². The topological polar surface area (TPSA) is 78.9 Å². The summed E-state index contributed by atoms with van der Waals surface area (Å²) < 4.78 is 4.76. The molecule has 0 heterocycles. The van der Waals surface area contributed by atoms with Crippen molar-refractivity contribution in [2.45, 2.75) is 19.4 Å². The fraction of sp³-hybridized carbons (Fsp3) is 0.778. The molecule has 1 unspecified atom stereocenters. The van der Waals surface area contributed by atoms with Gasteiger partial charge in [0, 0.05) is 20.7 Å². The van der Waals surface area contributed by atoms with Gasteiger partial charge in [-0.25, -0.2) is 9.59 Å². The Morgan fingerprint density at radius 2 is 2.13 bits per heavy atom. The maximum Gasteiger partial charge on any atom is 0.326 e. The minimum absolute atomic E-state index is 0.371. The Labute approximate surface area is 89.2 Å². The normalized spacial score (nSPS) is 11.9. The van der Waals surface area contributed by atoms with Crippen molar-refractivity contribution in [3.8, 4) is 0 Å². The second kappa shape index (κ2) is 7.05. The number of hydrogen-bond acceptors (Lipinski definition) is 3. The Morgan fingerprint density at radius 3 is 2.53 bits per heavy atom. The van der Waals surface area contributed by atoms with Gasteiger partial charge in [0.05, 0.1) is 6.61 Å². The molecule has 0 radical (unpaired) electrons. The van der Waals surface area contributed by atoms with Crippen molar-refractivity contribution in [3.63, 3.8) is 0 Å². The number of rotatable bonds is 6. The number of nitrogens with zero attached hydrogens (tertiary/aromatic N) is 1. The highest BCUT2D eigenvalue weighted by atomic mass is 16.5. The molecule has 6 heteroatoms. The molecule has 15 heavy (non-hydrogen) atoms. The third-order valence-corrected chi connectivity index (χ3v) is 2.04. The second-order valence-electron chi connectivity index (χ2n) is 3.10. The minimum atomic E-state index is -0.998. The Hall–Kier alpha value is -1.30. The number of hydrogen-bond donors (Lipinski definition) is 2. The van der Waals surface area contributed by atoms with Crippen molar-refractivity contribution in [1.82, 2.24) is 10.2 Å². The van der Waals surface area contributed by atoms with Crippen LogP contribution in [0.3, 0.4) is 0 Å². The van der Waals surface area contributed by atoms with Gasteiger partial charge in [0.1, 0.15) is 6.04 Å². The van der Waals surface area contributed by atoms with Gasteiger partial charge in [-0.3, -0.25) is 0 Å². The highest BCUT2D eigenvalue weighted by Crippen LogP contribution is 2.01. The van der Waals surface area contributed by atoms with Gasteiger partial charge in [-0.05, 0) is 6.42 Å². The van der Waals surface area contributed by atoms with Crippen molar-refractivity contribution in [2.75, 3.05) is 27.3 Å². The predicted molar refractivity (Wildman–Crippen MR) is 54.8 cm³/mol. The number of amides is 2. The van der Waals surface area contributed by atoms with Crippen LogP contribution in [0.2, 0.25) is 0 Å². The van der Waals surface area contributed by atoms with Gasteiger partial charge >= 0.3 is 12.0 Å². The summed E-state index contributed by atoms with van der Waals surface area (Å²) >= 11 is 0. The summed E-state index contributed by atoms with van der Waals surface area (Å²) in [7, 11) is 2.99. The molecule has 0 bridgehead atoms. The highest BCUT2D eigenvalue weighted by molar-refractivity contribution is 5.82. The number of ether oxygens (including phenoxy) is 1. The molecule has 1 atom stereocenters. The quantitative estimate of drug-likeness (QED) is 0.621. The number of urea groups is 1. The van der Waals surface area contributed by atoms with Crippen LogP contribution in [0.15, 0.2) is 0 Å². The molecule has 2 amide bonds. The fourth-order valence-electron chi connectivity index (χ4n) is 1.14.